The molecule has 15 heavy (non-hydrogen) atoms. The zero-order chi connectivity index (χ0) is 11.6. The maximum atomic E-state index is 6.37. The highest BCUT2D eigenvalue weighted by Gasteiger charge is 2.20. The molecule has 0 spiro atoms. The van der Waals surface area contributed by atoms with Gasteiger partial charge in [0.05, 0.1) is 15.4 Å². The summed E-state index contributed by atoms with van der Waals surface area (Å²) in [6, 6.07) is 5.58. The van der Waals surface area contributed by atoms with Gasteiger partial charge in [-0.15, -0.1) is 11.6 Å². The second-order valence-electron chi connectivity index (χ2n) is 4.18. The fraction of sp³-hybridized carbons (Fsp3) is 0.500. The first-order valence-electron chi connectivity index (χ1n) is 5.02. The molecule has 0 saturated carbocycles. The third kappa shape index (κ3) is 3.27. The van der Waals surface area contributed by atoms with Gasteiger partial charge in [-0.3, -0.25) is 0 Å². The molecule has 1 aromatic rings. The molecule has 0 fully saturated rings. The summed E-state index contributed by atoms with van der Waals surface area (Å²) in [5.41, 5.74) is 1.03. The molecular weight excluding hydrogens is 250 g/mol. The molecule has 3 heteroatoms. The maximum Gasteiger partial charge on any atom is 0.0613 e. The Kier molecular flexibility index (Phi) is 4.76. The van der Waals surface area contributed by atoms with Crippen molar-refractivity contribution in [2.45, 2.75) is 26.1 Å². The van der Waals surface area contributed by atoms with Gasteiger partial charge in [-0.2, -0.15) is 0 Å². The van der Waals surface area contributed by atoms with Crippen LogP contribution in [0.25, 0.3) is 0 Å². The van der Waals surface area contributed by atoms with Crippen molar-refractivity contribution in [2.75, 3.05) is 0 Å². The smallest absolute Gasteiger partial charge is 0.0613 e. The SMILES string of the molecule is CC(C)C(C)C(Cl)c1ccc(Cl)c(Cl)c1. The Hall–Kier alpha value is 0.0900. The Bertz CT molecular complexity index is 334. The minimum atomic E-state index is -0.0141. The van der Waals surface area contributed by atoms with Crippen LogP contribution in [0.4, 0.5) is 0 Å². The fourth-order valence-corrected chi connectivity index (χ4v) is 2.06. The first kappa shape index (κ1) is 13.2. The molecule has 0 aliphatic heterocycles. The molecule has 0 heterocycles. The quantitative estimate of drug-likeness (QED) is 0.627. The number of hydrogen-bond donors (Lipinski definition) is 0. The summed E-state index contributed by atoms with van der Waals surface area (Å²) in [7, 11) is 0. The van der Waals surface area contributed by atoms with E-state index in [1.807, 2.05) is 12.1 Å². The van der Waals surface area contributed by atoms with Crippen LogP contribution >= 0.6 is 34.8 Å². The van der Waals surface area contributed by atoms with E-state index in [1.54, 1.807) is 6.07 Å². The first-order valence-corrected chi connectivity index (χ1v) is 6.21. The lowest BCUT2D eigenvalue weighted by Gasteiger charge is -2.22. The Morgan fingerprint density at radius 2 is 1.60 bits per heavy atom. The van der Waals surface area contributed by atoms with Crippen molar-refractivity contribution in [3.05, 3.63) is 33.8 Å². The predicted molar refractivity (Wildman–Crippen MR) is 69.1 cm³/mol. The lowest BCUT2D eigenvalue weighted by molar-refractivity contribution is 0.406. The van der Waals surface area contributed by atoms with Gasteiger partial charge in [0.25, 0.3) is 0 Å². The zero-order valence-electron chi connectivity index (χ0n) is 9.10. The Balaban J connectivity index is 2.91. The lowest BCUT2D eigenvalue weighted by atomic mass is 9.90. The maximum absolute atomic E-state index is 6.37. The average Bonchev–Trinajstić information content (AvgIpc) is 2.19. The van der Waals surface area contributed by atoms with E-state index in [0.29, 0.717) is 21.9 Å². The summed E-state index contributed by atoms with van der Waals surface area (Å²) in [6.45, 7) is 6.47. The van der Waals surface area contributed by atoms with Gasteiger partial charge in [-0.05, 0) is 29.5 Å². The molecule has 0 aromatic heterocycles. The molecule has 0 nitrogen and oxygen atoms in total. The molecule has 0 bridgehead atoms. The Morgan fingerprint density at radius 1 is 1.00 bits per heavy atom. The van der Waals surface area contributed by atoms with Crippen molar-refractivity contribution < 1.29 is 0 Å². The van der Waals surface area contributed by atoms with Crippen molar-refractivity contribution in [1.82, 2.24) is 0 Å². The normalized spacial score (nSPS) is 15.4. The summed E-state index contributed by atoms with van der Waals surface area (Å²) in [5, 5.41) is 1.12. The molecule has 0 radical (unpaired) electrons. The largest absolute Gasteiger partial charge is 0.118 e. The Labute approximate surface area is 107 Å². The van der Waals surface area contributed by atoms with E-state index in [0.717, 1.165) is 5.56 Å². The second-order valence-corrected chi connectivity index (χ2v) is 5.46. The van der Waals surface area contributed by atoms with Crippen LogP contribution in [0.1, 0.15) is 31.7 Å². The van der Waals surface area contributed by atoms with Gasteiger partial charge in [0, 0.05) is 0 Å². The van der Waals surface area contributed by atoms with Gasteiger partial charge < -0.3 is 0 Å². The van der Waals surface area contributed by atoms with E-state index in [1.165, 1.54) is 0 Å². The molecular formula is C12H15Cl3. The fourth-order valence-electron chi connectivity index (χ4n) is 1.33. The van der Waals surface area contributed by atoms with E-state index >= 15 is 0 Å². The van der Waals surface area contributed by atoms with Crippen molar-refractivity contribution >= 4 is 34.8 Å². The van der Waals surface area contributed by atoms with Crippen molar-refractivity contribution in [3.8, 4) is 0 Å². The van der Waals surface area contributed by atoms with Crippen LogP contribution in [-0.4, -0.2) is 0 Å². The molecule has 0 N–H and O–H groups in total. The second kappa shape index (κ2) is 5.43. The van der Waals surface area contributed by atoms with Gasteiger partial charge in [0.1, 0.15) is 0 Å². The van der Waals surface area contributed by atoms with Crippen molar-refractivity contribution in [1.29, 1.82) is 0 Å². The molecule has 0 aliphatic carbocycles. The van der Waals surface area contributed by atoms with Crippen LogP contribution in [0.5, 0.6) is 0 Å². The zero-order valence-corrected chi connectivity index (χ0v) is 11.4. The summed E-state index contributed by atoms with van der Waals surface area (Å²) < 4.78 is 0. The molecule has 2 unspecified atom stereocenters. The van der Waals surface area contributed by atoms with E-state index < -0.39 is 0 Å². The van der Waals surface area contributed by atoms with Crippen LogP contribution in [0.15, 0.2) is 18.2 Å². The topological polar surface area (TPSA) is 0 Å². The molecule has 0 saturated heterocycles. The van der Waals surface area contributed by atoms with E-state index in [-0.39, 0.29) is 5.38 Å². The van der Waals surface area contributed by atoms with E-state index in [4.69, 9.17) is 34.8 Å². The van der Waals surface area contributed by atoms with Gasteiger partial charge >= 0.3 is 0 Å². The van der Waals surface area contributed by atoms with Crippen LogP contribution in [0.2, 0.25) is 10.0 Å². The summed E-state index contributed by atoms with van der Waals surface area (Å²) in [6.07, 6.45) is 0. The summed E-state index contributed by atoms with van der Waals surface area (Å²) in [4.78, 5) is 0. The minimum absolute atomic E-state index is 0.0141. The highest BCUT2D eigenvalue weighted by molar-refractivity contribution is 6.42. The van der Waals surface area contributed by atoms with Crippen LogP contribution in [0, 0.1) is 11.8 Å². The van der Waals surface area contributed by atoms with E-state index in [2.05, 4.69) is 20.8 Å². The number of hydrogen-bond acceptors (Lipinski definition) is 0. The number of rotatable bonds is 3. The lowest BCUT2D eigenvalue weighted by Crippen LogP contribution is -2.10. The van der Waals surface area contributed by atoms with Crippen LogP contribution < -0.4 is 0 Å². The van der Waals surface area contributed by atoms with Crippen molar-refractivity contribution in [2.24, 2.45) is 11.8 Å². The number of halogens is 3. The highest BCUT2D eigenvalue weighted by Crippen LogP contribution is 2.35. The molecule has 84 valence electrons. The average molecular weight is 266 g/mol. The minimum Gasteiger partial charge on any atom is -0.118 e. The highest BCUT2D eigenvalue weighted by atomic mass is 35.5. The third-order valence-electron chi connectivity index (χ3n) is 2.78. The van der Waals surface area contributed by atoms with Gasteiger partial charge in [0.2, 0.25) is 0 Å². The van der Waals surface area contributed by atoms with Crippen molar-refractivity contribution in [3.63, 3.8) is 0 Å². The third-order valence-corrected chi connectivity index (χ3v) is 4.16. The number of alkyl halides is 1. The molecule has 0 aliphatic rings. The summed E-state index contributed by atoms with van der Waals surface area (Å²) in [5.74, 6) is 0.950. The number of benzene rings is 1. The molecule has 2 atom stereocenters. The monoisotopic (exact) mass is 264 g/mol. The Morgan fingerprint density at radius 3 is 2.07 bits per heavy atom. The summed E-state index contributed by atoms with van der Waals surface area (Å²) >= 11 is 18.2. The standard InChI is InChI=1S/C12H15Cl3/c1-7(2)8(3)12(15)9-4-5-10(13)11(14)6-9/h4-8,12H,1-3H3. The molecule has 1 aromatic carbocycles. The molecule has 1 rings (SSSR count). The van der Waals surface area contributed by atoms with Gasteiger partial charge in [0.15, 0.2) is 0 Å². The van der Waals surface area contributed by atoms with Crippen LogP contribution in [-0.2, 0) is 0 Å². The van der Waals surface area contributed by atoms with Crippen LogP contribution in [0.3, 0.4) is 0 Å². The molecule has 0 amide bonds. The first-order chi connectivity index (χ1) is 6.93. The van der Waals surface area contributed by atoms with Gasteiger partial charge in [-0.25, -0.2) is 0 Å². The van der Waals surface area contributed by atoms with Gasteiger partial charge in [-0.1, -0.05) is 50.0 Å². The predicted octanol–water partition coefficient (Wildman–Crippen LogP) is 5.57. The van der Waals surface area contributed by atoms with E-state index in [9.17, 15) is 0 Å².